The minimum Gasteiger partial charge on any atom is -0.426 e. The average Bonchev–Trinajstić information content (AvgIpc) is 2.81. The molecule has 0 radical (unpaired) electrons. The molecule has 0 spiro atoms. The van der Waals surface area contributed by atoms with Crippen LogP contribution in [0.2, 0.25) is 0 Å². The van der Waals surface area contributed by atoms with Gasteiger partial charge in [0.1, 0.15) is 11.6 Å². The first kappa shape index (κ1) is 11.6. The lowest BCUT2D eigenvalue weighted by Crippen LogP contribution is -2.17. The predicted molar refractivity (Wildman–Crippen MR) is 58.7 cm³/mol. The van der Waals surface area contributed by atoms with Crippen LogP contribution in [0.3, 0.4) is 0 Å². The van der Waals surface area contributed by atoms with Gasteiger partial charge in [-0.25, -0.2) is 4.39 Å². The molecule has 0 atom stereocenters. The number of nitrogens with zero attached hydrogens (tertiary/aromatic N) is 1. The Kier molecular flexibility index (Phi) is 3.38. The Morgan fingerprint density at radius 1 is 1.35 bits per heavy atom. The Labute approximate surface area is 98.8 Å². The topological polar surface area (TPSA) is 50.1 Å². The van der Waals surface area contributed by atoms with Crippen LogP contribution in [0, 0.1) is 23.1 Å². The third kappa shape index (κ3) is 2.82. The fraction of sp³-hybridized carbons (Fsp3) is 0.385. The Hall–Kier alpha value is -1.89. The van der Waals surface area contributed by atoms with Crippen molar-refractivity contribution < 1.29 is 13.9 Å². The summed E-state index contributed by atoms with van der Waals surface area (Å²) in [5.41, 5.74) is 0.152. The van der Waals surface area contributed by atoms with E-state index >= 15 is 0 Å². The summed E-state index contributed by atoms with van der Waals surface area (Å²) in [7, 11) is 0. The van der Waals surface area contributed by atoms with E-state index in [-0.39, 0.29) is 23.2 Å². The number of hydrogen-bond donors (Lipinski definition) is 0. The Morgan fingerprint density at radius 2 is 2.06 bits per heavy atom. The molecule has 1 aliphatic rings. The zero-order valence-electron chi connectivity index (χ0n) is 9.28. The minimum atomic E-state index is -0.571. The number of esters is 1. The molecule has 2 rings (SSSR count). The molecule has 1 fully saturated rings. The number of halogens is 1. The molecule has 17 heavy (non-hydrogen) atoms. The van der Waals surface area contributed by atoms with E-state index in [4.69, 9.17) is 10.00 Å². The van der Waals surface area contributed by atoms with Crippen molar-refractivity contribution in [2.24, 2.45) is 5.92 Å². The number of carbonyl (C=O) groups is 1. The molecule has 1 saturated carbocycles. The fourth-order valence-electron chi connectivity index (χ4n) is 2.05. The Bertz CT molecular complexity index is 473. The molecule has 3 nitrogen and oxygen atoms in total. The maximum atomic E-state index is 13.1. The summed E-state index contributed by atoms with van der Waals surface area (Å²) in [5.74, 6) is -0.863. The fourth-order valence-corrected chi connectivity index (χ4v) is 2.05. The molecule has 88 valence electrons. The summed E-state index contributed by atoms with van der Waals surface area (Å²) >= 11 is 0. The quantitative estimate of drug-likeness (QED) is 0.583. The van der Waals surface area contributed by atoms with Crippen LogP contribution in [0.25, 0.3) is 0 Å². The van der Waals surface area contributed by atoms with E-state index in [9.17, 15) is 9.18 Å². The molecule has 0 bridgehead atoms. The monoisotopic (exact) mass is 233 g/mol. The standard InChI is InChI=1S/C13H12FNO2/c14-11-5-9(8-15)6-12(7-11)17-13(16)10-3-1-2-4-10/h5-7,10H,1-4H2. The van der Waals surface area contributed by atoms with Gasteiger partial charge in [-0.15, -0.1) is 0 Å². The number of nitriles is 1. The highest BCUT2D eigenvalue weighted by Crippen LogP contribution is 2.27. The second kappa shape index (κ2) is 4.96. The number of benzene rings is 1. The molecule has 0 saturated heterocycles. The number of rotatable bonds is 2. The van der Waals surface area contributed by atoms with Crippen LogP contribution < -0.4 is 4.74 Å². The smallest absolute Gasteiger partial charge is 0.314 e. The SMILES string of the molecule is N#Cc1cc(F)cc(OC(=O)C2CCCC2)c1. The van der Waals surface area contributed by atoms with E-state index in [1.54, 1.807) is 0 Å². The molecular formula is C13H12FNO2. The van der Waals surface area contributed by atoms with Crippen molar-refractivity contribution in [2.75, 3.05) is 0 Å². The average molecular weight is 233 g/mol. The van der Waals surface area contributed by atoms with Crippen molar-refractivity contribution in [1.29, 1.82) is 5.26 Å². The summed E-state index contributed by atoms with van der Waals surface area (Å²) in [6.45, 7) is 0. The molecule has 1 aliphatic carbocycles. The molecule has 1 aromatic carbocycles. The zero-order valence-corrected chi connectivity index (χ0v) is 9.28. The van der Waals surface area contributed by atoms with Crippen LogP contribution in [0.15, 0.2) is 18.2 Å². The lowest BCUT2D eigenvalue weighted by molar-refractivity contribution is -0.138. The molecule has 0 N–H and O–H groups in total. The maximum absolute atomic E-state index is 13.1. The van der Waals surface area contributed by atoms with Gasteiger partial charge in [0.15, 0.2) is 0 Å². The van der Waals surface area contributed by atoms with Gasteiger partial charge in [-0.1, -0.05) is 12.8 Å². The van der Waals surface area contributed by atoms with Crippen LogP contribution >= 0.6 is 0 Å². The third-order valence-corrected chi connectivity index (χ3v) is 2.91. The first-order valence-electron chi connectivity index (χ1n) is 5.61. The van der Waals surface area contributed by atoms with E-state index in [1.165, 1.54) is 6.07 Å². The van der Waals surface area contributed by atoms with Gasteiger partial charge in [0.05, 0.1) is 17.6 Å². The number of hydrogen-bond acceptors (Lipinski definition) is 3. The van der Waals surface area contributed by atoms with Crippen molar-refractivity contribution in [2.45, 2.75) is 25.7 Å². The van der Waals surface area contributed by atoms with Gasteiger partial charge in [-0.3, -0.25) is 4.79 Å². The van der Waals surface area contributed by atoms with Crippen molar-refractivity contribution in [3.05, 3.63) is 29.6 Å². The van der Waals surface area contributed by atoms with Crippen molar-refractivity contribution in [3.63, 3.8) is 0 Å². The van der Waals surface area contributed by atoms with Gasteiger partial charge in [0.25, 0.3) is 0 Å². The molecule has 1 aromatic rings. The molecule has 0 aliphatic heterocycles. The molecule has 0 amide bonds. The lowest BCUT2D eigenvalue weighted by atomic mass is 10.1. The Morgan fingerprint density at radius 3 is 2.71 bits per heavy atom. The lowest BCUT2D eigenvalue weighted by Gasteiger charge is -2.09. The van der Waals surface area contributed by atoms with Crippen LogP contribution in [0.1, 0.15) is 31.2 Å². The number of ether oxygens (including phenoxy) is 1. The normalized spacial score (nSPS) is 15.5. The number of carbonyl (C=O) groups excluding carboxylic acids is 1. The van der Waals surface area contributed by atoms with Gasteiger partial charge in [0.2, 0.25) is 0 Å². The zero-order chi connectivity index (χ0) is 12.3. The molecule has 4 heteroatoms. The minimum absolute atomic E-state index is 0.0798. The highest BCUT2D eigenvalue weighted by molar-refractivity contribution is 5.75. The van der Waals surface area contributed by atoms with Gasteiger partial charge >= 0.3 is 5.97 Å². The molecule has 0 heterocycles. The van der Waals surface area contributed by atoms with Gasteiger partial charge in [0, 0.05) is 6.07 Å². The highest BCUT2D eigenvalue weighted by atomic mass is 19.1. The summed E-state index contributed by atoms with van der Waals surface area (Å²) in [5, 5.41) is 8.67. The van der Waals surface area contributed by atoms with Gasteiger partial charge < -0.3 is 4.74 Å². The maximum Gasteiger partial charge on any atom is 0.314 e. The Balaban J connectivity index is 2.10. The van der Waals surface area contributed by atoms with Gasteiger partial charge in [-0.2, -0.15) is 5.26 Å². The van der Waals surface area contributed by atoms with E-state index in [1.807, 2.05) is 6.07 Å². The van der Waals surface area contributed by atoms with E-state index in [0.29, 0.717) is 0 Å². The van der Waals surface area contributed by atoms with Crippen LogP contribution in [0.4, 0.5) is 4.39 Å². The van der Waals surface area contributed by atoms with Crippen LogP contribution in [0.5, 0.6) is 5.75 Å². The summed E-state index contributed by atoms with van der Waals surface area (Å²) in [4.78, 5) is 11.7. The van der Waals surface area contributed by atoms with E-state index in [0.717, 1.165) is 37.8 Å². The highest BCUT2D eigenvalue weighted by Gasteiger charge is 2.24. The largest absolute Gasteiger partial charge is 0.426 e. The molecule has 0 unspecified atom stereocenters. The summed E-state index contributed by atoms with van der Waals surface area (Å²) < 4.78 is 18.2. The predicted octanol–water partition coefficient (Wildman–Crippen LogP) is 2.79. The van der Waals surface area contributed by atoms with Crippen molar-refractivity contribution in [1.82, 2.24) is 0 Å². The molecule has 0 aromatic heterocycles. The van der Waals surface area contributed by atoms with Crippen LogP contribution in [-0.4, -0.2) is 5.97 Å². The van der Waals surface area contributed by atoms with Crippen LogP contribution in [-0.2, 0) is 4.79 Å². The molecular weight excluding hydrogens is 221 g/mol. The first-order valence-corrected chi connectivity index (χ1v) is 5.61. The van der Waals surface area contributed by atoms with Crippen molar-refractivity contribution in [3.8, 4) is 11.8 Å². The third-order valence-electron chi connectivity index (χ3n) is 2.91. The summed E-state index contributed by atoms with van der Waals surface area (Å²) in [6, 6.07) is 5.41. The van der Waals surface area contributed by atoms with E-state index < -0.39 is 5.82 Å². The van der Waals surface area contributed by atoms with E-state index in [2.05, 4.69) is 0 Å². The van der Waals surface area contributed by atoms with Gasteiger partial charge in [-0.05, 0) is 25.0 Å². The first-order chi connectivity index (χ1) is 8.19. The second-order valence-corrected chi connectivity index (χ2v) is 4.19. The summed E-state index contributed by atoms with van der Waals surface area (Å²) in [6.07, 6.45) is 3.73. The van der Waals surface area contributed by atoms with Crippen molar-refractivity contribution >= 4 is 5.97 Å². The second-order valence-electron chi connectivity index (χ2n) is 4.19.